The van der Waals surface area contributed by atoms with Crippen LogP contribution in [0.3, 0.4) is 0 Å². The molecule has 0 aliphatic rings. The van der Waals surface area contributed by atoms with Crippen LogP contribution in [0.2, 0.25) is 5.02 Å². The number of carbonyl (C=O) groups excluding carboxylic acids is 1. The van der Waals surface area contributed by atoms with Crippen molar-refractivity contribution in [3.05, 3.63) is 69.9 Å². The topological polar surface area (TPSA) is 20.9 Å². The third-order valence-corrected chi connectivity index (χ3v) is 3.07. The molecule has 90 valence electrons. The van der Waals surface area contributed by atoms with Crippen molar-refractivity contribution in [3.8, 4) is 0 Å². The van der Waals surface area contributed by atoms with Crippen LogP contribution in [0, 0.1) is 0 Å². The fourth-order valence-corrected chi connectivity index (χ4v) is 1.87. The molecule has 1 aromatic carbocycles. The van der Waals surface area contributed by atoms with Gasteiger partial charge < -0.3 is 0 Å². The molecule has 0 spiro atoms. The van der Waals surface area contributed by atoms with Crippen molar-refractivity contribution in [1.82, 2.24) is 0 Å². The van der Waals surface area contributed by atoms with Gasteiger partial charge in [-0.2, -0.15) is 4.57 Å². The minimum Gasteiger partial charge on any atom is -0.289 e. The molecule has 2 aromatic rings. The summed E-state index contributed by atoms with van der Waals surface area (Å²) in [5.41, 5.74) is 0.650. The van der Waals surface area contributed by atoms with E-state index in [9.17, 15) is 4.79 Å². The van der Waals surface area contributed by atoms with E-state index in [1.165, 1.54) is 6.08 Å². The highest BCUT2D eigenvalue weighted by molar-refractivity contribution is 9.10. The number of pyridine rings is 1. The Bertz CT molecular complexity index is 593. The predicted octanol–water partition coefficient (Wildman–Crippen LogP) is 3.74. The molecule has 2 nitrogen and oxygen atoms in total. The zero-order valence-corrected chi connectivity index (χ0v) is 11.7. The lowest BCUT2D eigenvalue weighted by atomic mass is 10.1. The Balaban J connectivity index is 2.14. The zero-order valence-electron chi connectivity index (χ0n) is 9.38. The molecule has 0 saturated carbocycles. The molecule has 1 heterocycles. The van der Waals surface area contributed by atoms with Gasteiger partial charge in [-0.15, -0.1) is 0 Å². The van der Waals surface area contributed by atoms with E-state index in [-0.39, 0.29) is 5.78 Å². The summed E-state index contributed by atoms with van der Waals surface area (Å²) >= 11 is 9.18. The smallest absolute Gasteiger partial charge is 0.193 e. The molecule has 1 aromatic heterocycles. The van der Waals surface area contributed by atoms with Crippen molar-refractivity contribution >= 4 is 39.5 Å². The molecule has 0 radical (unpaired) electrons. The van der Waals surface area contributed by atoms with E-state index in [1.54, 1.807) is 35.2 Å². The number of rotatable bonds is 3. The van der Waals surface area contributed by atoms with Crippen LogP contribution in [-0.2, 0) is 0 Å². The van der Waals surface area contributed by atoms with E-state index in [0.717, 1.165) is 4.47 Å². The summed E-state index contributed by atoms with van der Waals surface area (Å²) in [6.07, 6.45) is 6.74. The summed E-state index contributed by atoms with van der Waals surface area (Å²) < 4.78 is 2.69. The molecule has 18 heavy (non-hydrogen) atoms. The lowest BCUT2D eigenvalue weighted by molar-refractivity contribution is -0.568. The van der Waals surface area contributed by atoms with Gasteiger partial charge in [0.05, 0.1) is 6.08 Å². The number of benzene rings is 1. The van der Waals surface area contributed by atoms with Crippen LogP contribution in [0.15, 0.2) is 59.3 Å². The second-order valence-corrected chi connectivity index (χ2v) is 5.01. The number of aromatic nitrogens is 1. The maximum Gasteiger partial charge on any atom is 0.193 e. The van der Waals surface area contributed by atoms with Gasteiger partial charge in [-0.25, -0.2) is 0 Å². The molecule has 0 aliphatic carbocycles. The maximum atomic E-state index is 11.9. The van der Waals surface area contributed by atoms with Gasteiger partial charge in [-0.1, -0.05) is 27.5 Å². The van der Waals surface area contributed by atoms with Crippen LogP contribution in [-0.4, -0.2) is 5.78 Å². The molecule has 0 amide bonds. The standard InChI is InChI=1S/C14H10BrClNO/c15-12-5-3-11(4-6-12)14(18)7-9-17-8-1-2-13(16)10-17/h1-10H/q+1/b9-7+. The quantitative estimate of drug-likeness (QED) is 0.479. The monoisotopic (exact) mass is 322 g/mol. The van der Waals surface area contributed by atoms with Gasteiger partial charge in [0.2, 0.25) is 0 Å². The molecular weight excluding hydrogens is 314 g/mol. The van der Waals surface area contributed by atoms with Crippen molar-refractivity contribution < 1.29 is 9.36 Å². The van der Waals surface area contributed by atoms with Gasteiger partial charge in [0, 0.05) is 16.1 Å². The summed E-state index contributed by atoms with van der Waals surface area (Å²) in [5.74, 6) is -0.0463. The number of hydrogen-bond donors (Lipinski definition) is 0. The van der Waals surface area contributed by atoms with Crippen LogP contribution < -0.4 is 4.57 Å². The van der Waals surface area contributed by atoms with Gasteiger partial charge in [0.1, 0.15) is 5.02 Å². The highest BCUT2D eigenvalue weighted by atomic mass is 79.9. The van der Waals surface area contributed by atoms with Gasteiger partial charge in [-0.05, 0) is 30.3 Å². The SMILES string of the molecule is O=C(/C=C/[n+]1cccc(Cl)c1)c1ccc(Br)cc1. The van der Waals surface area contributed by atoms with E-state index >= 15 is 0 Å². The summed E-state index contributed by atoms with van der Waals surface area (Å²) in [5, 5.41) is 0.623. The van der Waals surface area contributed by atoms with Gasteiger partial charge in [0.15, 0.2) is 24.4 Å². The third kappa shape index (κ3) is 3.52. The highest BCUT2D eigenvalue weighted by Crippen LogP contribution is 2.11. The summed E-state index contributed by atoms with van der Waals surface area (Å²) in [6, 6.07) is 10.8. The summed E-state index contributed by atoms with van der Waals surface area (Å²) in [6.45, 7) is 0. The summed E-state index contributed by atoms with van der Waals surface area (Å²) in [4.78, 5) is 11.9. The summed E-state index contributed by atoms with van der Waals surface area (Å²) in [7, 11) is 0. The first kappa shape index (κ1) is 13.0. The van der Waals surface area contributed by atoms with Crippen molar-refractivity contribution in [2.45, 2.75) is 0 Å². The Hall–Kier alpha value is -1.45. The molecular formula is C14H10BrClNO+. The average molecular weight is 324 g/mol. The van der Waals surface area contributed by atoms with Crippen molar-refractivity contribution in [2.24, 2.45) is 0 Å². The second kappa shape index (κ2) is 5.94. The van der Waals surface area contributed by atoms with Crippen LogP contribution in [0.25, 0.3) is 6.20 Å². The van der Waals surface area contributed by atoms with Crippen LogP contribution in [0.1, 0.15) is 10.4 Å². The van der Waals surface area contributed by atoms with Gasteiger partial charge >= 0.3 is 0 Å². The zero-order chi connectivity index (χ0) is 13.0. The Morgan fingerprint density at radius 1 is 1.22 bits per heavy atom. The molecule has 0 fully saturated rings. The predicted molar refractivity (Wildman–Crippen MR) is 75.4 cm³/mol. The first-order chi connectivity index (χ1) is 8.65. The number of carbonyl (C=O) groups is 1. The molecule has 0 atom stereocenters. The number of halogens is 2. The minimum atomic E-state index is -0.0463. The number of hydrogen-bond acceptors (Lipinski definition) is 1. The maximum absolute atomic E-state index is 11.9. The lowest BCUT2D eigenvalue weighted by Crippen LogP contribution is -2.24. The van der Waals surface area contributed by atoms with Crippen LogP contribution in [0.4, 0.5) is 0 Å². The molecule has 0 aliphatic heterocycles. The lowest BCUT2D eigenvalue weighted by Gasteiger charge is -1.94. The van der Waals surface area contributed by atoms with Gasteiger partial charge in [-0.3, -0.25) is 4.79 Å². The molecule has 2 rings (SSSR count). The largest absolute Gasteiger partial charge is 0.289 e. The van der Waals surface area contributed by atoms with Gasteiger partial charge in [0.25, 0.3) is 0 Å². The molecule has 0 saturated heterocycles. The number of nitrogens with zero attached hydrogens (tertiary/aromatic N) is 1. The highest BCUT2D eigenvalue weighted by Gasteiger charge is 2.03. The van der Waals surface area contributed by atoms with Crippen molar-refractivity contribution in [3.63, 3.8) is 0 Å². The third-order valence-electron chi connectivity index (χ3n) is 2.31. The van der Waals surface area contributed by atoms with Crippen LogP contribution in [0.5, 0.6) is 0 Å². The van der Waals surface area contributed by atoms with E-state index in [2.05, 4.69) is 15.9 Å². The van der Waals surface area contributed by atoms with E-state index < -0.39 is 0 Å². The Labute approximate surface area is 119 Å². The molecule has 0 N–H and O–H groups in total. The van der Waals surface area contributed by atoms with E-state index in [4.69, 9.17) is 11.6 Å². The Kier molecular flexibility index (Phi) is 4.28. The fourth-order valence-electron chi connectivity index (χ4n) is 1.42. The number of ketones is 1. The van der Waals surface area contributed by atoms with Crippen molar-refractivity contribution in [1.29, 1.82) is 0 Å². The minimum absolute atomic E-state index is 0.0463. The Morgan fingerprint density at radius 2 is 1.94 bits per heavy atom. The first-order valence-corrected chi connectivity index (χ1v) is 6.47. The Morgan fingerprint density at radius 3 is 2.61 bits per heavy atom. The first-order valence-electron chi connectivity index (χ1n) is 5.29. The van der Waals surface area contributed by atoms with Crippen LogP contribution >= 0.6 is 27.5 Å². The fraction of sp³-hybridized carbons (Fsp3) is 0. The van der Waals surface area contributed by atoms with E-state index in [1.807, 2.05) is 24.4 Å². The second-order valence-electron chi connectivity index (χ2n) is 3.66. The van der Waals surface area contributed by atoms with Crippen molar-refractivity contribution in [2.75, 3.05) is 0 Å². The van der Waals surface area contributed by atoms with E-state index in [0.29, 0.717) is 10.6 Å². The molecule has 4 heteroatoms. The molecule has 0 unspecified atom stereocenters. The average Bonchev–Trinajstić information content (AvgIpc) is 2.37. The normalized spacial score (nSPS) is 10.8. The number of allylic oxidation sites excluding steroid dienone is 1. The molecule has 0 bridgehead atoms.